The monoisotopic (exact) mass is 256 g/mol. The third-order valence-electron chi connectivity index (χ3n) is 4.52. The average Bonchev–Trinajstić information content (AvgIpc) is 2.87. The third-order valence-corrected chi connectivity index (χ3v) is 4.52. The molecular formula is C17H24N2. The van der Waals surface area contributed by atoms with Gasteiger partial charge in [-0.3, -0.25) is 9.80 Å². The van der Waals surface area contributed by atoms with Crippen molar-refractivity contribution in [3.8, 4) is 0 Å². The standard InChI is InChI=1S/C17H24N2/c1-15-13-19-12-6-10-17(19)14-18(15)11-5-9-16-7-3-2-4-8-16/h2-5,7-9,15,17H,6,10-14H2,1H3/b9-5+/t15-,17-/m0/s1. The molecule has 19 heavy (non-hydrogen) atoms. The van der Waals surface area contributed by atoms with Gasteiger partial charge in [0.05, 0.1) is 0 Å². The Morgan fingerprint density at radius 2 is 2.05 bits per heavy atom. The van der Waals surface area contributed by atoms with Crippen molar-refractivity contribution in [2.45, 2.75) is 31.8 Å². The van der Waals surface area contributed by atoms with Gasteiger partial charge in [0.1, 0.15) is 0 Å². The molecule has 2 heteroatoms. The van der Waals surface area contributed by atoms with E-state index in [2.05, 4.69) is 59.2 Å². The second-order valence-corrected chi connectivity index (χ2v) is 5.91. The Labute approximate surface area is 116 Å². The van der Waals surface area contributed by atoms with E-state index in [1.165, 1.54) is 38.0 Å². The minimum absolute atomic E-state index is 0.690. The maximum atomic E-state index is 2.68. The van der Waals surface area contributed by atoms with Crippen molar-refractivity contribution in [3.05, 3.63) is 42.0 Å². The summed E-state index contributed by atoms with van der Waals surface area (Å²) in [6.45, 7) is 7.28. The molecule has 2 atom stereocenters. The van der Waals surface area contributed by atoms with Crippen molar-refractivity contribution < 1.29 is 0 Å². The summed E-state index contributed by atoms with van der Waals surface area (Å²) in [5.41, 5.74) is 1.30. The molecule has 0 aliphatic carbocycles. The zero-order chi connectivity index (χ0) is 13.1. The Bertz CT molecular complexity index is 426. The number of nitrogens with zero attached hydrogens (tertiary/aromatic N) is 2. The topological polar surface area (TPSA) is 6.48 Å². The summed E-state index contributed by atoms with van der Waals surface area (Å²) < 4.78 is 0. The highest BCUT2D eigenvalue weighted by molar-refractivity contribution is 5.48. The molecule has 1 aromatic carbocycles. The van der Waals surface area contributed by atoms with Gasteiger partial charge >= 0.3 is 0 Å². The first-order valence-corrected chi connectivity index (χ1v) is 7.52. The first-order valence-electron chi connectivity index (χ1n) is 7.52. The van der Waals surface area contributed by atoms with Crippen LogP contribution in [0, 0.1) is 0 Å². The summed E-state index contributed by atoms with van der Waals surface area (Å²) in [4.78, 5) is 5.31. The molecular weight excluding hydrogens is 232 g/mol. The lowest BCUT2D eigenvalue weighted by atomic mass is 10.1. The molecule has 0 bridgehead atoms. The number of rotatable bonds is 3. The molecule has 2 aliphatic heterocycles. The summed E-state index contributed by atoms with van der Waals surface area (Å²) in [5, 5.41) is 0. The second-order valence-electron chi connectivity index (χ2n) is 5.91. The van der Waals surface area contributed by atoms with E-state index in [0.717, 1.165) is 12.6 Å². The van der Waals surface area contributed by atoms with Crippen molar-refractivity contribution in [1.29, 1.82) is 0 Å². The van der Waals surface area contributed by atoms with Gasteiger partial charge in [-0.05, 0) is 31.9 Å². The highest BCUT2D eigenvalue weighted by Crippen LogP contribution is 2.24. The van der Waals surface area contributed by atoms with Crippen LogP contribution in [0.3, 0.4) is 0 Å². The van der Waals surface area contributed by atoms with Crippen LogP contribution < -0.4 is 0 Å². The van der Waals surface area contributed by atoms with Crippen LogP contribution in [-0.2, 0) is 0 Å². The second kappa shape index (κ2) is 5.89. The molecule has 2 saturated heterocycles. The van der Waals surface area contributed by atoms with E-state index in [1.54, 1.807) is 0 Å². The van der Waals surface area contributed by atoms with Gasteiger partial charge in [-0.2, -0.15) is 0 Å². The van der Waals surface area contributed by atoms with Crippen LogP contribution in [0.2, 0.25) is 0 Å². The fraction of sp³-hybridized carbons (Fsp3) is 0.529. The van der Waals surface area contributed by atoms with Crippen molar-refractivity contribution in [2.75, 3.05) is 26.2 Å². The quantitative estimate of drug-likeness (QED) is 0.820. The van der Waals surface area contributed by atoms with Crippen molar-refractivity contribution >= 4 is 6.08 Å². The molecule has 0 unspecified atom stereocenters. The van der Waals surface area contributed by atoms with Crippen LogP contribution in [0.5, 0.6) is 0 Å². The molecule has 0 radical (unpaired) electrons. The molecule has 2 nitrogen and oxygen atoms in total. The van der Waals surface area contributed by atoms with Gasteiger partial charge in [-0.15, -0.1) is 0 Å². The minimum atomic E-state index is 0.690. The van der Waals surface area contributed by atoms with Crippen LogP contribution in [0.1, 0.15) is 25.3 Å². The van der Waals surface area contributed by atoms with Crippen molar-refractivity contribution in [2.24, 2.45) is 0 Å². The molecule has 3 rings (SSSR count). The number of hydrogen-bond donors (Lipinski definition) is 0. The highest BCUT2D eigenvalue weighted by Gasteiger charge is 2.33. The number of piperazine rings is 1. The Morgan fingerprint density at radius 1 is 1.21 bits per heavy atom. The summed E-state index contributed by atoms with van der Waals surface area (Å²) in [6.07, 6.45) is 7.35. The van der Waals surface area contributed by atoms with E-state index in [1.807, 2.05) is 0 Å². The molecule has 2 heterocycles. The number of hydrogen-bond acceptors (Lipinski definition) is 2. The zero-order valence-corrected chi connectivity index (χ0v) is 11.8. The Morgan fingerprint density at radius 3 is 2.89 bits per heavy atom. The minimum Gasteiger partial charge on any atom is -0.298 e. The average molecular weight is 256 g/mol. The number of fused-ring (bicyclic) bond motifs is 1. The van der Waals surface area contributed by atoms with Gasteiger partial charge in [0.25, 0.3) is 0 Å². The van der Waals surface area contributed by atoms with Gasteiger partial charge < -0.3 is 0 Å². The predicted molar refractivity (Wildman–Crippen MR) is 81.1 cm³/mol. The fourth-order valence-electron chi connectivity index (χ4n) is 3.39. The summed E-state index contributed by atoms with van der Waals surface area (Å²) in [6, 6.07) is 12.1. The third kappa shape index (κ3) is 3.07. The van der Waals surface area contributed by atoms with Crippen LogP contribution >= 0.6 is 0 Å². The SMILES string of the molecule is C[C@H]1CN2CCC[C@H]2CN1C/C=C/c1ccccc1. The maximum absolute atomic E-state index is 2.68. The first-order chi connectivity index (χ1) is 9.33. The maximum Gasteiger partial charge on any atom is 0.0224 e. The van der Waals surface area contributed by atoms with Gasteiger partial charge in [0.15, 0.2) is 0 Å². The van der Waals surface area contributed by atoms with Crippen LogP contribution in [0.25, 0.3) is 6.08 Å². The number of benzene rings is 1. The van der Waals surface area contributed by atoms with Gasteiger partial charge in [0, 0.05) is 31.7 Å². The lowest BCUT2D eigenvalue weighted by Gasteiger charge is -2.41. The molecule has 0 amide bonds. The lowest BCUT2D eigenvalue weighted by molar-refractivity contribution is 0.0686. The van der Waals surface area contributed by atoms with E-state index in [9.17, 15) is 0 Å². The van der Waals surface area contributed by atoms with E-state index in [0.29, 0.717) is 6.04 Å². The van der Waals surface area contributed by atoms with E-state index < -0.39 is 0 Å². The summed E-state index contributed by atoms with van der Waals surface area (Å²) in [7, 11) is 0. The zero-order valence-electron chi connectivity index (χ0n) is 11.8. The van der Waals surface area contributed by atoms with Gasteiger partial charge in [-0.25, -0.2) is 0 Å². The first kappa shape index (κ1) is 12.9. The van der Waals surface area contributed by atoms with E-state index in [-0.39, 0.29) is 0 Å². The molecule has 2 aliphatic rings. The predicted octanol–water partition coefficient (Wildman–Crippen LogP) is 2.87. The largest absolute Gasteiger partial charge is 0.298 e. The molecule has 0 aromatic heterocycles. The Hall–Kier alpha value is -1.12. The van der Waals surface area contributed by atoms with Crippen molar-refractivity contribution in [3.63, 3.8) is 0 Å². The summed E-state index contributed by atoms with van der Waals surface area (Å²) >= 11 is 0. The summed E-state index contributed by atoms with van der Waals surface area (Å²) in [5.74, 6) is 0. The lowest BCUT2D eigenvalue weighted by Crippen LogP contribution is -2.54. The van der Waals surface area contributed by atoms with Crippen molar-refractivity contribution in [1.82, 2.24) is 9.80 Å². The van der Waals surface area contributed by atoms with Gasteiger partial charge in [0.2, 0.25) is 0 Å². The Kier molecular flexibility index (Phi) is 4.00. The molecule has 0 N–H and O–H groups in total. The molecule has 1 aromatic rings. The molecule has 0 saturated carbocycles. The fourth-order valence-corrected chi connectivity index (χ4v) is 3.39. The normalized spacial score (nSPS) is 28.9. The molecule has 0 spiro atoms. The van der Waals surface area contributed by atoms with E-state index in [4.69, 9.17) is 0 Å². The highest BCUT2D eigenvalue weighted by atomic mass is 15.3. The smallest absolute Gasteiger partial charge is 0.0224 e. The molecule has 2 fully saturated rings. The Balaban J connectivity index is 1.56. The van der Waals surface area contributed by atoms with Crippen LogP contribution in [0.15, 0.2) is 36.4 Å². The van der Waals surface area contributed by atoms with E-state index >= 15 is 0 Å². The van der Waals surface area contributed by atoms with Gasteiger partial charge in [-0.1, -0.05) is 42.5 Å². The van der Waals surface area contributed by atoms with Crippen LogP contribution in [-0.4, -0.2) is 48.1 Å². The van der Waals surface area contributed by atoms with Crippen LogP contribution in [0.4, 0.5) is 0 Å². The molecule has 102 valence electrons.